The molecule has 0 aliphatic carbocycles. The Morgan fingerprint density at radius 1 is 1.00 bits per heavy atom. The molecule has 6 nitrogen and oxygen atoms in total. The molecule has 1 N–H and O–H groups in total. The van der Waals surface area contributed by atoms with Gasteiger partial charge in [0.25, 0.3) is 0 Å². The van der Waals surface area contributed by atoms with Gasteiger partial charge in [0.05, 0.1) is 12.8 Å². The Hall–Kier alpha value is -2.73. The van der Waals surface area contributed by atoms with Gasteiger partial charge in [-0.2, -0.15) is 0 Å². The third kappa shape index (κ3) is 5.16. The molecule has 150 valence electrons. The predicted molar refractivity (Wildman–Crippen MR) is 113 cm³/mol. The summed E-state index contributed by atoms with van der Waals surface area (Å²) in [5.74, 6) is 0.873. The summed E-state index contributed by atoms with van der Waals surface area (Å²) < 4.78 is 5.45. The van der Waals surface area contributed by atoms with Crippen molar-refractivity contribution in [1.82, 2.24) is 15.1 Å². The highest BCUT2D eigenvalue weighted by atomic mass is 16.5. The molecule has 3 rings (SSSR count). The molecule has 0 spiro atoms. The zero-order valence-electron chi connectivity index (χ0n) is 17.0. The number of carbonyl (C=O) groups excluding carboxylic acids is 1. The van der Waals surface area contributed by atoms with Crippen LogP contribution in [0.25, 0.3) is 0 Å². The number of rotatable bonds is 6. The first-order valence-electron chi connectivity index (χ1n) is 9.70. The van der Waals surface area contributed by atoms with Crippen molar-refractivity contribution in [2.24, 2.45) is 0 Å². The molecule has 6 heteroatoms. The number of para-hydroxylation sites is 2. The molecule has 0 atom stereocenters. The molecular formula is C22H30N4O2. The molecule has 1 aliphatic rings. The van der Waals surface area contributed by atoms with Gasteiger partial charge >= 0.3 is 6.03 Å². The van der Waals surface area contributed by atoms with Crippen molar-refractivity contribution >= 4 is 11.7 Å². The quantitative estimate of drug-likeness (QED) is 0.835. The number of benzene rings is 2. The van der Waals surface area contributed by atoms with Crippen LogP contribution in [0.3, 0.4) is 0 Å². The molecule has 1 saturated heterocycles. The summed E-state index contributed by atoms with van der Waals surface area (Å²) in [6, 6.07) is 16.4. The number of anilines is 1. The molecule has 2 amide bonds. The molecule has 1 aliphatic heterocycles. The van der Waals surface area contributed by atoms with Crippen LogP contribution in [0.1, 0.15) is 11.1 Å². The summed E-state index contributed by atoms with van der Waals surface area (Å²) in [7, 11) is 5.80. The first-order valence-corrected chi connectivity index (χ1v) is 9.70. The maximum atomic E-state index is 12.5. The monoisotopic (exact) mass is 382 g/mol. The van der Waals surface area contributed by atoms with E-state index in [1.165, 1.54) is 5.56 Å². The number of amides is 2. The number of ether oxygens (including phenoxy) is 1. The van der Waals surface area contributed by atoms with E-state index in [1.807, 2.05) is 23.1 Å². The summed E-state index contributed by atoms with van der Waals surface area (Å²) in [4.78, 5) is 18.8. The maximum Gasteiger partial charge on any atom is 0.317 e. The van der Waals surface area contributed by atoms with Gasteiger partial charge in [-0.05, 0) is 37.4 Å². The number of nitrogens with one attached hydrogen (secondary N) is 1. The fraction of sp³-hybridized carbons (Fsp3) is 0.409. The Morgan fingerprint density at radius 3 is 2.29 bits per heavy atom. The maximum absolute atomic E-state index is 12.5. The van der Waals surface area contributed by atoms with Gasteiger partial charge in [-0.25, -0.2) is 4.79 Å². The van der Waals surface area contributed by atoms with Crippen LogP contribution in [0.5, 0.6) is 5.75 Å². The fourth-order valence-corrected chi connectivity index (χ4v) is 3.46. The average Bonchev–Trinajstić information content (AvgIpc) is 2.72. The van der Waals surface area contributed by atoms with Gasteiger partial charge in [0, 0.05) is 39.3 Å². The molecule has 0 saturated carbocycles. The Balaban J connectivity index is 1.47. The Kier molecular flexibility index (Phi) is 6.76. The van der Waals surface area contributed by atoms with E-state index in [0.29, 0.717) is 19.6 Å². The highest BCUT2D eigenvalue weighted by molar-refractivity contribution is 5.74. The largest absolute Gasteiger partial charge is 0.495 e. The molecule has 28 heavy (non-hydrogen) atoms. The van der Waals surface area contributed by atoms with Gasteiger partial charge < -0.3 is 24.8 Å². The van der Waals surface area contributed by atoms with Crippen molar-refractivity contribution in [1.29, 1.82) is 0 Å². The van der Waals surface area contributed by atoms with E-state index in [-0.39, 0.29) is 6.03 Å². The fourth-order valence-electron chi connectivity index (χ4n) is 3.46. The lowest BCUT2D eigenvalue weighted by molar-refractivity contribution is 0.194. The van der Waals surface area contributed by atoms with Crippen molar-refractivity contribution in [3.05, 3.63) is 59.7 Å². The lowest BCUT2D eigenvalue weighted by atomic mass is 10.1. The number of hydrogen-bond acceptors (Lipinski definition) is 4. The first-order chi connectivity index (χ1) is 13.6. The summed E-state index contributed by atoms with van der Waals surface area (Å²) in [5, 5.41) is 3.04. The second-order valence-corrected chi connectivity index (χ2v) is 7.36. The highest BCUT2D eigenvalue weighted by Crippen LogP contribution is 2.28. The van der Waals surface area contributed by atoms with Crippen LogP contribution in [0.4, 0.5) is 10.5 Å². The number of piperazine rings is 1. The zero-order chi connectivity index (χ0) is 19.9. The first kappa shape index (κ1) is 20.0. The molecule has 0 aromatic heterocycles. The van der Waals surface area contributed by atoms with Gasteiger partial charge in [0.15, 0.2) is 0 Å². The number of urea groups is 1. The van der Waals surface area contributed by atoms with E-state index in [2.05, 4.69) is 59.5 Å². The van der Waals surface area contributed by atoms with Gasteiger partial charge in [0.1, 0.15) is 5.75 Å². The molecular weight excluding hydrogens is 352 g/mol. The van der Waals surface area contributed by atoms with Crippen molar-refractivity contribution in [2.75, 3.05) is 52.3 Å². The lowest BCUT2D eigenvalue weighted by Gasteiger charge is -2.36. The average molecular weight is 383 g/mol. The minimum absolute atomic E-state index is 0.00274. The minimum atomic E-state index is -0.00274. The number of carbonyl (C=O) groups is 1. The van der Waals surface area contributed by atoms with Crippen LogP contribution < -0.4 is 15.0 Å². The van der Waals surface area contributed by atoms with Crippen LogP contribution in [-0.4, -0.2) is 63.2 Å². The standard InChI is InChI=1S/C22H30N4O2/c1-24(2)17-19-10-8-18(9-11-19)16-23-22(27)26-14-12-25(13-15-26)20-6-4-5-7-21(20)28-3/h4-11H,12-17H2,1-3H3,(H,23,27). The van der Waals surface area contributed by atoms with Crippen molar-refractivity contribution in [2.45, 2.75) is 13.1 Å². The second-order valence-electron chi connectivity index (χ2n) is 7.36. The van der Waals surface area contributed by atoms with Crippen LogP contribution in [0.15, 0.2) is 48.5 Å². The molecule has 2 aromatic carbocycles. The van der Waals surface area contributed by atoms with Gasteiger partial charge in [0.2, 0.25) is 0 Å². The van der Waals surface area contributed by atoms with Crippen LogP contribution in [0.2, 0.25) is 0 Å². The summed E-state index contributed by atoms with van der Waals surface area (Å²) in [6.07, 6.45) is 0. The van der Waals surface area contributed by atoms with Gasteiger partial charge in [-0.15, -0.1) is 0 Å². The lowest BCUT2D eigenvalue weighted by Crippen LogP contribution is -2.51. The topological polar surface area (TPSA) is 48.1 Å². The number of hydrogen-bond donors (Lipinski definition) is 1. The van der Waals surface area contributed by atoms with E-state index >= 15 is 0 Å². The Morgan fingerprint density at radius 2 is 1.64 bits per heavy atom. The Bertz CT molecular complexity index is 768. The highest BCUT2D eigenvalue weighted by Gasteiger charge is 2.22. The van der Waals surface area contributed by atoms with E-state index in [9.17, 15) is 4.79 Å². The van der Waals surface area contributed by atoms with Gasteiger partial charge in [-0.3, -0.25) is 0 Å². The van der Waals surface area contributed by atoms with Crippen LogP contribution >= 0.6 is 0 Å². The second kappa shape index (κ2) is 9.46. The van der Waals surface area contributed by atoms with Crippen molar-refractivity contribution in [3.63, 3.8) is 0 Å². The molecule has 1 heterocycles. The molecule has 0 radical (unpaired) electrons. The number of nitrogens with zero attached hydrogens (tertiary/aromatic N) is 3. The van der Waals surface area contributed by atoms with Crippen LogP contribution in [0, 0.1) is 0 Å². The van der Waals surface area contributed by atoms with Crippen molar-refractivity contribution < 1.29 is 9.53 Å². The van der Waals surface area contributed by atoms with E-state index in [1.54, 1.807) is 7.11 Å². The van der Waals surface area contributed by atoms with E-state index in [4.69, 9.17) is 4.74 Å². The van der Waals surface area contributed by atoms with Gasteiger partial charge in [-0.1, -0.05) is 36.4 Å². The van der Waals surface area contributed by atoms with Crippen molar-refractivity contribution in [3.8, 4) is 5.75 Å². The smallest absolute Gasteiger partial charge is 0.317 e. The number of methoxy groups -OCH3 is 1. The minimum Gasteiger partial charge on any atom is -0.495 e. The summed E-state index contributed by atoms with van der Waals surface area (Å²) >= 11 is 0. The third-order valence-electron chi connectivity index (χ3n) is 4.96. The summed E-state index contributed by atoms with van der Waals surface area (Å²) in [5.41, 5.74) is 3.47. The molecule has 1 fully saturated rings. The summed E-state index contributed by atoms with van der Waals surface area (Å²) in [6.45, 7) is 4.47. The normalized spacial score (nSPS) is 14.3. The molecule has 0 unspecified atom stereocenters. The van der Waals surface area contributed by atoms with E-state index in [0.717, 1.165) is 36.6 Å². The van der Waals surface area contributed by atoms with Crippen LogP contribution in [-0.2, 0) is 13.1 Å². The Labute approximate surface area is 167 Å². The molecule has 2 aromatic rings. The predicted octanol–water partition coefficient (Wildman–Crippen LogP) is 2.79. The molecule has 0 bridgehead atoms. The van der Waals surface area contributed by atoms with E-state index < -0.39 is 0 Å². The zero-order valence-corrected chi connectivity index (χ0v) is 17.0. The SMILES string of the molecule is COc1ccccc1N1CCN(C(=O)NCc2ccc(CN(C)C)cc2)CC1. The third-order valence-corrected chi connectivity index (χ3v) is 4.96.